The molecule has 1 aromatic rings. The van der Waals surface area contributed by atoms with Crippen LogP contribution < -0.4 is 4.90 Å². The smallest absolute Gasteiger partial charge is 0.143 e. The second-order valence-electron chi connectivity index (χ2n) is 4.44. The van der Waals surface area contributed by atoms with Crippen LogP contribution in [0.15, 0.2) is 21.2 Å². The van der Waals surface area contributed by atoms with Crippen molar-refractivity contribution in [3.8, 4) is 0 Å². The summed E-state index contributed by atoms with van der Waals surface area (Å²) in [6.07, 6.45) is 6.00. The van der Waals surface area contributed by atoms with Crippen LogP contribution in [0.25, 0.3) is 0 Å². The van der Waals surface area contributed by atoms with E-state index in [2.05, 4.69) is 47.8 Å². The molecule has 1 saturated heterocycles. The topological polar surface area (TPSA) is 16.1 Å². The van der Waals surface area contributed by atoms with E-state index in [1.54, 1.807) is 0 Å². The molecule has 0 aromatic carbocycles. The number of halogens is 2. The minimum atomic E-state index is 0.736. The van der Waals surface area contributed by atoms with E-state index in [9.17, 15) is 0 Å². The highest BCUT2D eigenvalue weighted by molar-refractivity contribution is 9.11. The lowest BCUT2D eigenvalue weighted by molar-refractivity contribution is 0.550. The molecule has 2 atom stereocenters. The minimum absolute atomic E-state index is 0.736. The van der Waals surface area contributed by atoms with Crippen LogP contribution in [0.5, 0.6) is 0 Å². The molecule has 2 heterocycles. The number of hydrogen-bond donors (Lipinski definition) is 0. The van der Waals surface area contributed by atoms with Gasteiger partial charge in [-0.2, -0.15) is 0 Å². The van der Waals surface area contributed by atoms with Gasteiger partial charge in [0, 0.05) is 23.3 Å². The molecule has 15 heavy (non-hydrogen) atoms. The molecule has 0 N–H and O–H groups in total. The molecule has 1 aliphatic heterocycles. The SMILES string of the molecule is Brc1cnc(N2CC3CCC2C3)c(Br)c1. The van der Waals surface area contributed by atoms with Crippen LogP contribution in [0.3, 0.4) is 0 Å². The van der Waals surface area contributed by atoms with E-state index in [0.29, 0.717) is 0 Å². The molecule has 2 unspecified atom stereocenters. The van der Waals surface area contributed by atoms with Crippen molar-refractivity contribution < 1.29 is 0 Å². The molecule has 2 nitrogen and oxygen atoms in total. The maximum atomic E-state index is 4.51. The first-order chi connectivity index (χ1) is 7.24. The Bertz CT molecular complexity index is 394. The molecule has 0 radical (unpaired) electrons. The van der Waals surface area contributed by atoms with E-state index < -0.39 is 0 Å². The number of pyridine rings is 1. The van der Waals surface area contributed by atoms with E-state index in [4.69, 9.17) is 0 Å². The Labute approximate surface area is 106 Å². The molecular formula is C11H12Br2N2. The average Bonchev–Trinajstić information content (AvgIpc) is 2.78. The lowest BCUT2D eigenvalue weighted by atomic mass is 10.1. The largest absolute Gasteiger partial charge is 0.352 e. The normalized spacial score (nSPS) is 28.8. The van der Waals surface area contributed by atoms with Crippen molar-refractivity contribution in [2.45, 2.75) is 25.3 Å². The number of hydrogen-bond acceptors (Lipinski definition) is 2. The lowest BCUT2D eigenvalue weighted by Crippen LogP contribution is -2.32. The molecule has 80 valence electrons. The number of anilines is 1. The van der Waals surface area contributed by atoms with E-state index in [-0.39, 0.29) is 0 Å². The molecule has 2 bridgehead atoms. The van der Waals surface area contributed by atoms with Crippen molar-refractivity contribution in [2.75, 3.05) is 11.4 Å². The predicted molar refractivity (Wildman–Crippen MR) is 68.1 cm³/mol. The Morgan fingerprint density at radius 3 is 2.80 bits per heavy atom. The average molecular weight is 332 g/mol. The molecular weight excluding hydrogens is 320 g/mol. The highest BCUT2D eigenvalue weighted by Gasteiger charge is 2.38. The van der Waals surface area contributed by atoms with Gasteiger partial charge in [-0.1, -0.05) is 0 Å². The molecule has 0 spiro atoms. The van der Waals surface area contributed by atoms with Crippen molar-refractivity contribution >= 4 is 37.7 Å². The number of fused-ring (bicyclic) bond motifs is 2. The maximum absolute atomic E-state index is 4.51. The zero-order valence-electron chi connectivity index (χ0n) is 8.29. The van der Waals surface area contributed by atoms with Crippen molar-refractivity contribution in [1.29, 1.82) is 0 Å². The van der Waals surface area contributed by atoms with Gasteiger partial charge in [0.15, 0.2) is 0 Å². The van der Waals surface area contributed by atoms with E-state index >= 15 is 0 Å². The van der Waals surface area contributed by atoms with Crippen LogP contribution in [0, 0.1) is 5.92 Å². The van der Waals surface area contributed by atoms with E-state index in [0.717, 1.165) is 26.7 Å². The summed E-state index contributed by atoms with van der Waals surface area (Å²) in [7, 11) is 0. The van der Waals surface area contributed by atoms with Crippen molar-refractivity contribution in [3.63, 3.8) is 0 Å². The molecule has 2 fully saturated rings. The fourth-order valence-electron chi connectivity index (χ4n) is 2.80. The Hall–Kier alpha value is -0.0900. The summed E-state index contributed by atoms with van der Waals surface area (Å²) in [6.45, 7) is 1.19. The van der Waals surface area contributed by atoms with Gasteiger partial charge in [-0.05, 0) is 63.1 Å². The lowest BCUT2D eigenvalue weighted by Gasteiger charge is -2.28. The van der Waals surface area contributed by atoms with Gasteiger partial charge in [0.05, 0.1) is 4.47 Å². The Kier molecular flexibility index (Phi) is 2.51. The second-order valence-corrected chi connectivity index (χ2v) is 6.21. The van der Waals surface area contributed by atoms with Gasteiger partial charge in [0.25, 0.3) is 0 Å². The van der Waals surface area contributed by atoms with E-state index in [1.807, 2.05) is 6.20 Å². The van der Waals surface area contributed by atoms with Crippen molar-refractivity contribution in [1.82, 2.24) is 4.98 Å². The standard InChI is InChI=1S/C11H12Br2N2/c12-8-4-10(13)11(14-5-8)15-6-7-1-2-9(15)3-7/h4-5,7,9H,1-3,6H2. The summed E-state index contributed by atoms with van der Waals surface area (Å²) < 4.78 is 2.13. The van der Waals surface area contributed by atoms with Gasteiger partial charge in [-0.3, -0.25) is 0 Å². The fraction of sp³-hybridized carbons (Fsp3) is 0.545. The van der Waals surface area contributed by atoms with Crippen LogP contribution in [0.2, 0.25) is 0 Å². The van der Waals surface area contributed by atoms with Crippen LogP contribution in [-0.2, 0) is 0 Å². The summed E-state index contributed by atoms with van der Waals surface area (Å²) >= 11 is 7.03. The minimum Gasteiger partial charge on any atom is -0.352 e. The van der Waals surface area contributed by atoms with Gasteiger partial charge < -0.3 is 4.90 Å². The van der Waals surface area contributed by atoms with Crippen molar-refractivity contribution in [3.05, 3.63) is 21.2 Å². The fourth-order valence-corrected chi connectivity index (χ4v) is 4.02. The summed E-state index contributed by atoms with van der Waals surface area (Å²) in [5.41, 5.74) is 0. The highest BCUT2D eigenvalue weighted by Crippen LogP contribution is 2.41. The first-order valence-corrected chi connectivity index (χ1v) is 6.90. The Morgan fingerprint density at radius 2 is 2.20 bits per heavy atom. The summed E-state index contributed by atoms with van der Waals surface area (Å²) in [5.74, 6) is 2.03. The van der Waals surface area contributed by atoms with Gasteiger partial charge in [0.1, 0.15) is 5.82 Å². The first kappa shape index (κ1) is 10.1. The number of rotatable bonds is 1. The molecule has 4 heteroatoms. The first-order valence-electron chi connectivity index (χ1n) is 5.32. The second kappa shape index (κ2) is 3.74. The Balaban J connectivity index is 1.93. The molecule has 1 aliphatic carbocycles. The Morgan fingerprint density at radius 1 is 1.33 bits per heavy atom. The predicted octanol–water partition coefficient (Wildman–Crippen LogP) is 3.60. The van der Waals surface area contributed by atoms with Crippen molar-refractivity contribution in [2.24, 2.45) is 5.92 Å². The summed E-state index contributed by atoms with van der Waals surface area (Å²) in [6, 6.07) is 2.81. The monoisotopic (exact) mass is 330 g/mol. The summed E-state index contributed by atoms with van der Waals surface area (Å²) in [5, 5.41) is 0. The highest BCUT2D eigenvalue weighted by atomic mass is 79.9. The summed E-state index contributed by atoms with van der Waals surface area (Å²) in [4.78, 5) is 6.97. The molecule has 2 aliphatic rings. The third kappa shape index (κ3) is 1.72. The molecule has 1 aromatic heterocycles. The third-order valence-corrected chi connectivity index (χ3v) is 4.49. The maximum Gasteiger partial charge on any atom is 0.143 e. The quantitative estimate of drug-likeness (QED) is 0.781. The van der Waals surface area contributed by atoms with Gasteiger partial charge in [0.2, 0.25) is 0 Å². The van der Waals surface area contributed by atoms with Gasteiger partial charge >= 0.3 is 0 Å². The van der Waals surface area contributed by atoms with Crippen LogP contribution >= 0.6 is 31.9 Å². The van der Waals surface area contributed by atoms with Gasteiger partial charge in [-0.15, -0.1) is 0 Å². The number of nitrogens with zero attached hydrogens (tertiary/aromatic N) is 2. The van der Waals surface area contributed by atoms with E-state index in [1.165, 1.54) is 25.8 Å². The molecule has 3 rings (SSSR count). The van der Waals surface area contributed by atoms with Crippen LogP contribution in [0.4, 0.5) is 5.82 Å². The zero-order chi connectivity index (χ0) is 10.4. The molecule has 0 amide bonds. The third-order valence-electron chi connectivity index (χ3n) is 3.47. The van der Waals surface area contributed by atoms with Crippen LogP contribution in [-0.4, -0.2) is 17.6 Å². The zero-order valence-corrected chi connectivity index (χ0v) is 11.5. The van der Waals surface area contributed by atoms with Crippen LogP contribution in [0.1, 0.15) is 19.3 Å². The molecule has 1 saturated carbocycles. The van der Waals surface area contributed by atoms with Gasteiger partial charge in [-0.25, -0.2) is 4.98 Å². The number of piperidine rings is 1. The number of aromatic nitrogens is 1.